The van der Waals surface area contributed by atoms with Gasteiger partial charge in [-0.05, 0) is 44.4 Å². The number of nitrogens with one attached hydrogen (secondary N) is 1. The smallest absolute Gasteiger partial charge is 0.0570 e. The lowest BCUT2D eigenvalue weighted by Crippen LogP contribution is -2.16. The number of aromatic nitrogens is 1. The molecule has 0 aromatic carbocycles. The number of aryl methyl sites for hydroxylation is 1. The highest BCUT2D eigenvalue weighted by atomic mass is 14.9. The van der Waals surface area contributed by atoms with E-state index >= 15 is 0 Å². The minimum atomic E-state index is 0.883. The highest BCUT2D eigenvalue weighted by Gasteiger charge is 1.97. The van der Waals surface area contributed by atoms with Gasteiger partial charge in [0.2, 0.25) is 0 Å². The Balaban J connectivity index is 2.07. The number of hydrogen-bond acceptors (Lipinski definition) is 2. The predicted molar refractivity (Wildman–Crippen MR) is 69.3 cm³/mol. The molecule has 1 N–H and O–H groups in total. The minimum Gasteiger partial charge on any atom is -0.311 e. The molecular formula is C14H22N2. The van der Waals surface area contributed by atoms with Crippen molar-refractivity contribution in [3.05, 3.63) is 42.2 Å². The zero-order valence-electron chi connectivity index (χ0n) is 10.2. The van der Waals surface area contributed by atoms with E-state index < -0.39 is 0 Å². The van der Waals surface area contributed by atoms with Gasteiger partial charge < -0.3 is 5.32 Å². The van der Waals surface area contributed by atoms with Crippen molar-refractivity contribution in [2.75, 3.05) is 6.54 Å². The van der Waals surface area contributed by atoms with Gasteiger partial charge in [0, 0.05) is 12.7 Å². The molecule has 0 saturated heterocycles. The summed E-state index contributed by atoms with van der Waals surface area (Å²) in [5, 5.41) is 3.43. The lowest BCUT2D eigenvalue weighted by Gasteiger charge is -2.06. The van der Waals surface area contributed by atoms with E-state index in [0.29, 0.717) is 0 Å². The second-order valence-corrected chi connectivity index (χ2v) is 4.08. The molecule has 2 heteroatoms. The van der Waals surface area contributed by atoms with Gasteiger partial charge in [0.25, 0.3) is 0 Å². The first-order valence-electron chi connectivity index (χ1n) is 6.06. The summed E-state index contributed by atoms with van der Waals surface area (Å²) in [6.07, 6.45) is 8.76. The van der Waals surface area contributed by atoms with Gasteiger partial charge in [0.1, 0.15) is 0 Å². The van der Waals surface area contributed by atoms with Gasteiger partial charge in [0.15, 0.2) is 0 Å². The maximum absolute atomic E-state index is 4.35. The molecule has 16 heavy (non-hydrogen) atoms. The Bertz CT molecular complexity index is 307. The second-order valence-electron chi connectivity index (χ2n) is 4.08. The van der Waals surface area contributed by atoms with Crippen molar-refractivity contribution in [1.82, 2.24) is 10.3 Å². The van der Waals surface area contributed by atoms with Crippen LogP contribution in [-0.2, 0) is 6.54 Å². The van der Waals surface area contributed by atoms with Crippen molar-refractivity contribution >= 4 is 0 Å². The van der Waals surface area contributed by atoms with Crippen molar-refractivity contribution in [2.24, 2.45) is 0 Å². The first-order chi connectivity index (χ1) is 7.84. The Kier molecular flexibility index (Phi) is 6.50. The van der Waals surface area contributed by atoms with E-state index in [2.05, 4.69) is 29.9 Å². The SMILES string of the molecule is C=CCCCCCNCc1ncccc1C. The summed E-state index contributed by atoms with van der Waals surface area (Å²) < 4.78 is 0. The molecule has 1 rings (SSSR count). The molecule has 0 unspecified atom stereocenters. The summed E-state index contributed by atoms with van der Waals surface area (Å²) in [5.74, 6) is 0. The van der Waals surface area contributed by atoms with Gasteiger partial charge in [0.05, 0.1) is 5.69 Å². The molecule has 0 aliphatic carbocycles. The highest BCUT2D eigenvalue weighted by Crippen LogP contribution is 2.03. The van der Waals surface area contributed by atoms with Crippen LogP contribution in [0.3, 0.4) is 0 Å². The average molecular weight is 218 g/mol. The van der Waals surface area contributed by atoms with Crippen LogP contribution in [0, 0.1) is 6.92 Å². The van der Waals surface area contributed by atoms with Crippen LogP contribution in [0.5, 0.6) is 0 Å². The normalized spacial score (nSPS) is 10.3. The van der Waals surface area contributed by atoms with E-state index in [1.807, 2.05) is 18.3 Å². The van der Waals surface area contributed by atoms with Crippen molar-refractivity contribution in [3.8, 4) is 0 Å². The van der Waals surface area contributed by atoms with E-state index in [-0.39, 0.29) is 0 Å². The number of allylic oxidation sites excluding steroid dienone is 1. The van der Waals surface area contributed by atoms with Gasteiger partial charge in [-0.1, -0.05) is 18.6 Å². The summed E-state index contributed by atoms with van der Waals surface area (Å²) in [4.78, 5) is 4.35. The van der Waals surface area contributed by atoms with E-state index in [1.54, 1.807) is 0 Å². The van der Waals surface area contributed by atoms with E-state index in [0.717, 1.165) is 25.2 Å². The molecule has 0 saturated carbocycles. The van der Waals surface area contributed by atoms with Crippen LogP contribution in [0.2, 0.25) is 0 Å². The van der Waals surface area contributed by atoms with Crippen molar-refractivity contribution in [2.45, 2.75) is 39.2 Å². The average Bonchev–Trinajstić information content (AvgIpc) is 2.30. The van der Waals surface area contributed by atoms with Gasteiger partial charge in [-0.25, -0.2) is 0 Å². The molecule has 0 radical (unpaired) electrons. The summed E-state index contributed by atoms with van der Waals surface area (Å²) in [5.41, 5.74) is 2.43. The Morgan fingerprint density at radius 2 is 2.25 bits per heavy atom. The van der Waals surface area contributed by atoms with Crippen LogP contribution in [0.4, 0.5) is 0 Å². The van der Waals surface area contributed by atoms with Gasteiger partial charge >= 0.3 is 0 Å². The third-order valence-electron chi connectivity index (χ3n) is 2.67. The summed E-state index contributed by atoms with van der Waals surface area (Å²) in [6.45, 7) is 7.78. The fourth-order valence-corrected chi connectivity index (χ4v) is 1.63. The third-order valence-corrected chi connectivity index (χ3v) is 2.67. The van der Waals surface area contributed by atoms with Crippen molar-refractivity contribution in [1.29, 1.82) is 0 Å². The Labute approximate surface area is 98.8 Å². The number of rotatable bonds is 8. The van der Waals surface area contributed by atoms with Crippen LogP contribution in [-0.4, -0.2) is 11.5 Å². The zero-order chi connectivity index (χ0) is 11.6. The van der Waals surface area contributed by atoms with Crippen LogP contribution in [0.25, 0.3) is 0 Å². The zero-order valence-corrected chi connectivity index (χ0v) is 10.2. The number of hydrogen-bond donors (Lipinski definition) is 1. The van der Waals surface area contributed by atoms with E-state index in [1.165, 1.54) is 24.8 Å². The molecule has 0 spiro atoms. The molecule has 88 valence electrons. The molecule has 1 aromatic heterocycles. The fourth-order valence-electron chi connectivity index (χ4n) is 1.63. The highest BCUT2D eigenvalue weighted by molar-refractivity contribution is 5.17. The monoisotopic (exact) mass is 218 g/mol. The lowest BCUT2D eigenvalue weighted by molar-refractivity contribution is 0.599. The van der Waals surface area contributed by atoms with Crippen LogP contribution >= 0.6 is 0 Å². The second kappa shape index (κ2) is 8.05. The molecule has 0 fully saturated rings. The first-order valence-corrected chi connectivity index (χ1v) is 6.06. The quantitative estimate of drug-likeness (QED) is 0.535. The fraction of sp³-hybridized carbons (Fsp3) is 0.500. The Morgan fingerprint density at radius 1 is 1.38 bits per heavy atom. The molecule has 0 aliphatic rings. The predicted octanol–water partition coefficient (Wildman–Crippen LogP) is 3.23. The number of unbranched alkanes of at least 4 members (excludes halogenated alkanes) is 3. The van der Waals surface area contributed by atoms with Gasteiger partial charge in [-0.2, -0.15) is 0 Å². The molecule has 1 aromatic rings. The molecule has 0 aliphatic heterocycles. The molecule has 0 bridgehead atoms. The van der Waals surface area contributed by atoms with Crippen LogP contribution in [0.1, 0.15) is 36.9 Å². The molecular weight excluding hydrogens is 196 g/mol. The van der Waals surface area contributed by atoms with Crippen molar-refractivity contribution < 1.29 is 0 Å². The Morgan fingerprint density at radius 3 is 3.00 bits per heavy atom. The molecule has 0 atom stereocenters. The number of pyridine rings is 1. The van der Waals surface area contributed by atoms with Crippen LogP contribution in [0.15, 0.2) is 31.0 Å². The summed E-state index contributed by atoms with van der Waals surface area (Å²) >= 11 is 0. The summed E-state index contributed by atoms with van der Waals surface area (Å²) in [7, 11) is 0. The standard InChI is InChI=1S/C14H22N2/c1-3-4-5-6-7-10-15-12-14-13(2)9-8-11-16-14/h3,8-9,11,15H,1,4-7,10,12H2,2H3. The molecule has 1 heterocycles. The molecule has 0 amide bonds. The van der Waals surface area contributed by atoms with Crippen LogP contribution < -0.4 is 5.32 Å². The summed E-state index contributed by atoms with van der Waals surface area (Å²) in [6, 6.07) is 4.09. The van der Waals surface area contributed by atoms with E-state index in [4.69, 9.17) is 0 Å². The first kappa shape index (κ1) is 12.9. The van der Waals surface area contributed by atoms with Gasteiger partial charge in [-0.15, -0.1) is 6.58 Å². The topological polar surface area (TPSA) is 24.9 Å². The molecule has 2 nitrogen and oxygen atoms in total. The lowest BCUT2D eigenvalue weighted by atomic mass is 10.2. The maximum Gasteiger partial charge on any atom is 0.0570 e. The van der Waals surface area contributed by atoms with Gasteiger partial charge in [-0.3, -0.25) is 4.98 Å². The van der Waals surface area contributed by atoms with Crippen molar-refractivity contribution in [3.63, 3.8) is 0 Å². The third kappa shape index (κ3) is 5.08. The largest absolute Gasteiger partial charge is 0.311 e. The maximum atomic E-state index is 4.35. The minimum absolute atomic E-state index is 0.883. The number of nitrogens with zero attached hydrogens (tertiary/aromatic N) is 1. The Hall–Kier alpha value is -1.15. The van der Waals surface area contributed by atoms with E-state index in [9.17, 15) is 0 Å².